The van der Waals surface area contributed by atoms with E-state index in [0.29, 0.717) is 11.5 Å². The summed E-state index contributed by atoms with van der Waals surface area (Å²) < 4.78 is 1.88. The molecule has 0 N–H and O–H groups in total. The second kappa shape index (κ2) is 7.59. The molecule has 2 heterocycles. The first-order valence-corrected chi connectivity index (χ1v) is 10.1. The zero-order valence-corrected chi connectivity index (χ0v) is 16.7. The molecule has 5 heteroatoms. The Hall–Kier alpha value is -3.73. The van der Waals surface area contributed by atoms with Crippen LogP contribution < -0.4 is 4.90 Å². The van der Waals surface area contributed by atoms with Gasteiger partial charge in [-0.15, -0.1) is 0 Å². The highest BCUT2D eigenvalue weighted by molar-refractivity contribution is 6.05. The Balaban J connectivity index is 1.64. The van der Waals surface area contributed by atoms with Crippen molar-refractivity contribution in [3.63, 3.8) is 0 Å². The van der Waals surface area contributed by atoms with Crippen molar-refractivity contribution in [1.29, 1.82) is 0 Å². The molecule has 0 bridgehead atoms. The average Bonchev–Trinajstić information content (AvgIpc) is 3.29. The van der Waals surface area contributed by atoms with Crippen LogP contribution in [0.15, 0.2) is 91.3 Å². The molecule has 0 fully saturated rings. The van der Waals surface area contributed by atoms with Gasteiger partial charge in [0.25, 0.3) is 5.91 Å². The summed E-state index contributed by atoms with van der Waals surface area (Å²) in [6, 6.07) is 28.0. The van der Waals surface area contributed by atoms with Crippen LogP contribution in [0.3, 0.4) is 0 Å². The SMILES string of the molecule is Cc1ccc(C(=O)N2c3ncnn3[C@@H](c3ccccc3)C[C@H]2c2ccccc2)cc1. The van der Waals surface area contributed by atoms with Gasteiger partial charge in [-0.2, -0.15) is 10.1 Å². The fraction of sp³-hybridized carbons (Fsp3) is 0.160. The lowest BCUT2D eigenvalue weighted by molar-refractivity contribution is 0.0963. The summed E-state index contributed by atoms with van der Waals surface area (Å²) in [7, 11) is 0. The van der Waals surface area contributed by atoms with Crippen molar-refractivity contribution in [2.45, 2.75) is 25.4 Å². The monoisotopic (exact) mass is 394 g/mol. The molecule has 0 radical (unpaired) electrons. The van der Waals surface area contributed by atoms with Crippen LogP contribution >= 0.6 is 0 Å². The maximum absolute atomic E-state index is 13.6. The molecule has 1 amide bonds. The van der Waals surface area contributed by atoms with Crippen molar-refractivity contribution < 1.29 is 4.79 Å². The first-order valence-electron chi connectivity index (χ1n) is 10.1. The number of aromatic nitrogens is 3. The molecule has 0 saturated carbocycles. The van der Waals surface area contributed by atoms with Crippen molar-refractivity contribution >= 4 is 11.9 Å². The van der Waals surface area contributed by atoms with Gasteiger partial charge >= 0.3 is 0 Å². The van der Waals surface area contributed by atoms with Crippen LogP contribution in [0.2, 0.25) is 0 Å². The number of aryl methyl sites for hydroxylation is 1. The molecule has 0 aliphatic carbocycles. The molecule has 0 saturated heterocycles. The molecule has 1 aliphatic heterocycles. The third-order valence-corrected chi connectivity index (χ3v) is 5.71. The van der Waals surface area contributed by atoms with Crippen molar-refractivity contribution in [3.05, 3.63) is 114 Å². The van der Waals surface area contributed by atoms with Gasteiger partial charge in [-0.25, -0.2) is 4.68 Å². The van der Waals surface area contributed by atoms with E-state index in [1.165, 1.54) is 6.33 Å². The van der Waals surface area contributed by atoms with E-state index >= 15 is 0 Å². The van der Waals surface area contributed by atoms with Gasteiger partial charge in [-0.05, 0) is 36.6 Å². The van der Waals surface area contributed by atoms with Gasteiger partial charge in [0.1, 0.15) is 6.33 Å². The van der Waals surface area contributed by atoms with E-state index in [2.05, 4.69) is 34.3 Å². The third-order valence-electron chi connectivity index (χ3n) is 5.71. The number of carbonyl (C=O) groups excluding carboxylic acids is 1. The molecule has 2 atom stereocenters. The summed E-state index contributed by atoms with van der Waals surface area (Å²) in [5, 5.41) is 4.49. The number of hydrogen-bond acceptors (Lipinski definition) is 3. The van der Waals surface area contributed by atoms with Crippen LogP contribution in [-0.2, 0) is 0 Å². The Kier molecular flexibility index (Phi) is 4.64. The van der Waals surface area contributed by atoms with E-state index in [-0.39, 0.29) is 18.0 Å². The van der Waals surface area contributed by atoms with E-state index in [1.54, 1.807) is 4.90 Å². The van der Waals surface area contributed by atoms with Crippen molar-refractivity contribution in [2.24, 2.45) is 0 Å². The summed E-state index contributed by atoms with van der Waals surface area (Å²) in [6.07, 6.45) is 2.26. The minimum atomic E-state index is -0.137. The summed E-state index contributed by atoms with van der Waals surface area (Å²) in [5.74, 6) is 0.513. The lowest BCUT2D eigenvalue weighted by atomic mass is 9.91. The van der Waals surface area contributed by atoms with Crippen molar-refractivity contribution in [3.8, 4) is 0 Å². The Labute approximate surface area is 175 Å². The van der Waals surface area contributed by atoms with Gasteiger partial charge in [-0.1, -0.05) is 78.4 Å². The maximum Gasteiger partial charge on any atom is 0.261 e. The summed E-state index contributed by atoms with van der Waals surface area (Å²) in [6.45, 7) is 2.02. The molecular formula is C25H22N4O. The van der Waals surface area contributed by atoms with Crippen LogP contribution in [0, 0.1) is 6.92 Å². The zero-order valence-electron chi connectivity index (χ0n) is 16.7. The predicted octanol–water partition coefficient (Wildman–Crippen LogP) is 4.97. The van der Waals surface area contributed by atoms with E-state index in [0.717, 1.165) is 23.1 Å². The number of benzene rings is 3. The molecule has 0 spiro atoms. The maximum atomic E-state index is 13.6. The van der Waals surface area contributed by atoms with Gasteiger partial charge in [-0.3, -0.25) is 9.69 Å². The Morgan fingerprint density at radius 2 is 1.43 bits per heavy atom. The highest BCUT2D eigenvalue weighted by Gasteiger charge is 2.39. The molecule has 1 aliphatic rings. The van der Waals surface area contributed by atoms with Gasteiger partial charge in [0.2, 0.25) is 5.95 Å². The highest BCUT2D eigenvalue weighted by atomic mass is 16.2. The number of rotatable bonds is 3. The van der Waals surface area contributed by atoms with E-state index in [4.69, 9.17) is 0 Å². The molecule has 30 heavy (non-hydrogen) atoms. The van der Waals surface area contributed by atoms with Crippen LogP contribution in [0.5, 0.6) is 0 Å². The highest BCUT2D eigenvalue weighted by Crippen LogP contribution is 2.42. The Morgan fingerprint density at radius 1 is 0.833 bits per heavy atom. The number of carbonyl (C=O) groups is 1. The standard InChI is InChI=1S/C25H22N4O/c1-18-12-14-21(15-13-18)24(30)28-22(19-8-4-2-5-9-19)16-23(20-10-6-3-7-11-20)29-25(28)26-17-27-29/h2-15,17,22-23H,16H2,1H3/t22-,23+/m0/s1. The molecule has 5 rings (SSSR count). The third kappa shape index (κ3) is 3.18. The first kappa shape index (κ1) is 18.3. The van der Waals surface area contributed by atoms with Gasteiger partial charge < -0.3 is 0 Å². The van der Waals surface area contributed by atoms with E-state index in [1.807, 2.05) is 72.3 Å². The quantitative estimate of drug-likeness (QED) is 0.493. The average molecular weight is 394 g/mol. The fourth-order valence-corrected chi connectivity index (χ4v) is 4.17. The van der Waals surface area contributed by atoms with Crippen LogP contribution in [-0.4, -0.2) is 20.7 Å². The topological polar surface area (TPSA) is 51.0 Å². The normalized spacial score (nSPS) is 18.1. The van der Waals surface area contributed by atoms with Gasteiger partial charge in [0.05, 0.1) is 12.1 Å². The van der Waals surface area contributed by atoms with Gasteiger partial charge in [0, 0.05) is 5.56 Å². The lowest BCUT2D eigenvalue weighted by Gasteiger charge is -2.39. The second-order valence-electron chi connectivity index (χ2n) is 7.63. The molecule has 1 aromatic heterocycles. The predicted molar refractivity (Wildman–Crippen MR) is 116 cm³/mol. The van der Waals surface area contributed by atoms with Crippen molar-refractivity contribution in [2.75, 3.05) is 4.90 Å². The molecule has 148 valence electrons. The molecule has 0 unspecified atom stereocenters. The fourth-order valence-electron chi connectivity index (χ4n) is 4.17. The zero-order chi connectivity index (χ0) is 20.5. The smallest absolute Gasteiger partial charge is 0.261 e. The number of hydrogen-bond donors (Lipinski definition) is 0. The van der Waals surface area contributed by atoms with E-state index in [9.17, 15) is 4.79 Å². The molecule has 4 aromatic rings. The Morgan fingerprint density at radius 3 is 2.07 bits per heavy atom. The molecule has 3 aromatic carbocycles. The lowest BCUT2D eigenvalue weighted by Crippen LogP contribution is -2.42. The second-order valence-corrected chi connectivity index (χ2v) is 7.63. The van der Waals surface area contributed by atoms with Crippen LogP contribution in [0.1, 0.15) is 45.6 Å². The summed E-state index contributed by atoms with van der Waals surface area (Å²) in [4.78, 5) is 20.0. The minimum Gasteiger partial charge on any atom is -0.269 e. The molecular weight excluding hydrogens is 372 g/mol. The summed E-state index contributed by atoms with van der Waals surface area (Å²) in [5.41, 5.74) is 4.02. The van der Waals surface area contributed by atoms with E-state index < -0.39 is 0 Å². The van der Waals surface area contributed by atoms with Crippen LogP contribution in [0.25, 0.3) is 0 Å². The molecule has 5 nitrogen and oxygen atoms in total. The minimum absolute atomic E-state index is 0.0102. The van der Waals surface area contributed by atoms with Gasteiger partial charge in [0.15, 0.2) is 0 Å². The Bertz CT molecular complexity index is 1150. The number of nitrogens with zero attached hydrogens (tertiary/aromatic N) is 4. The van der Waals surface area contributed by atoms with Crippen LogP contribution in [0.4, 0.5) is 5.95 Å². The van der Waals surface area contributed by atoms with Crippen molar-refractivity contribution in [1.82, 2.24) is 14.8 Å². The first-order chi connectivity index (χ1) is 14.7. The largest absolute Gasteiger partial charge is 0.269 e. The number of amides is 1. The summed E-state index contributed by atoms with van der Waals surface area (Å²) >= 11 is 0. The number of fused-ring (bicyclic) bond motifs is 1. The number of anilines is 1.